The Bertz CT molecular complexity index is 161. The number of carboxylic acids is 1. The van der Waals surface area contributed by atoms with Gasteiger partial charge in [-0.2, -0.15) is 0 Å². The van der Waals surface area contributed by atoms with Crippen LogP contribution in [0.15, 0.2) is 0 Å². The van der Waals surface area contributed by atoms with Gasteiger partial charge in [0.25, 0.3) is 0 Å². The molecule has 0 aromatic heterocycles. The maximum Gasteiger partial charge on any atom is 0.308 e. The minimum absolute atomic E-state index is 0.137. The summed E-state index contributed by atoms with van der Waals surface area (Å²) in [5, 5.41) is 8.75. The topological polar surface area (TPSA) is 66.6 Å². The van der Waals surface area contributed by atoms with Gasteiger partial charge in [0, 0.05) is 13.1 Å². The van der Waals surface area contributed by atoms with Crippen molar-refractivity contribution in [2.75, 3.05) is 26.7 Å². The number of likely N-dealkylation sites (tertiary alicyclic amines) is 1. The lowest BCUT2D eigenvalue weighted by atomic mass is 9.97. The fraction of sp³-hybridized carbons (Fsp3) is 0.857. The quantitative estimate of drug-likeness (QED) is 0.552. The molecule has 2 atom stereocenters. The predicted octanol–water partition coefficient (Wildman–Crippen LogP) is -0.792. The zero-order chi connectivity index (χ0) is 8.43. The van der Waals surface area contributed by atoms with Gasteiger partial charge < -0.3 is 15.7 Å². The molecule has 0 aliphatic carbocycles. The third-order valence-electron chi connectivity index (χ3n) is 2.24. The monoisotopic (exact) mass is 158 g/mol. The van der Waals surface area contributed by atoms with E-state index in [9.17, 15) is 4.79 Å². The Balaban J connectivity index is 2.57. The summed E-state index contributed by atoms with van der Waals surface area (Å²) in [6.45, 7) is 1.92. The summed E-state index contributed by atoms with van der Waals surface area (Å²) in [6, 6.07) is 0. The summed E-state index contributed by atoms with van der Waals surface area (Å²) in [7, 11) is 1.92. The van der Waals surface area contributed by atoms with E-state index in [2.05, 4.69) is 0 Å². The van der Waals surface area contributed by atoms with E-state index in [4.69, 9.17) is 10.8 Å². The molecule has 0 aromatic carbocycles. The van der Waals surface area contributed by atoms with Gasteiger partial charge in [-0.15, -0.1) is 0 Å². The molecule has 0 radical (unpaired) electrons. The minimum Gasteiger partial charge on any atom is -0.481 e. The van der Waals surface area contributed by atoms with Crippen LogP contribution in [0.2, 0.25) is 0 Å². The zero-order valence-corrected chi connectivity index (χ0v) is 6.66. The SMILES string of the molecule is CN1C[C@H](CN)[C@H](C(=O)O)C1. The van der Waals surface area contributed by atoms with Crippen LogP contribution in [0.3, 0.4) is 0 Å². The van der Waals surface area contributed by atoms with Crippen molar-refractivity contribution in [3.63, 3.8) is 0 Å². The van der Waals surface area contributed by atoms with Crippen molar-refractivity contribution in [1.82, 2.24) is 4.90 Å². The summed E-state index contributed by atoms with van der Waals surface area (Å²) in [6.07, 6.45) is 0. The van der Waals surface area contributed by atoms with Gasteiger partial charge in [-0.05, 0) is 19.5 Å². The van der Waals surface area contributed by atoms with Gasteiger partial charge in [0.2, 0.25) is 0 Å². The summed E-state index contributed by atoms with van der Waals surface area (Å²) < 4.78 is 0. The number of rotatable bonds is 2. The fourth-order valence-electron chi connectivity index (χ4n) is 1.61. The number of nitrogens with zero attached hydrogens (tertiary/aromatic N) is 1. The fourth-order valence-corrected chi connectivity index (χ4v) is 1.61. The molecule has 64 valence electrons. The molecular formula is C7H14N2O2. The molecule has 0 amide bonds. The van der Waals surface area contributed by atoms with Crippen molar-refractivity contribution in [1.29, 1.82) is 0 Å². The normalized spacial score (nSPS) is 32.5. The number of aliphatic carboxylic acids is 1. The first kappa shape index (κ1) is 8.49. The predicted molar refractivity (Wildman–Crippen MR) is 41.2 cm³/mol. The number of hydrogen-bond donors (Lipinski definition) is 2. The van der Waals surface area contributed by atoms with E-state index in [1.807, 2.05) is 11.9 Å². The molecule has 4 heteroatoms. The smallest absolute Gasteiger partial charge is 0.308 e. The van der Waals surface area contributed by atoms with Crippen LogP contribution in [0.25, 0.3) is 0 Å². The van der Waals surface area contributed by atoms with Gasteiger partial charge in [0.05, 0.1) is 5.92 Å². The Morgan fingerprint density at radius 3 is 2.73 bits per heavy atom. The Morgan fingerprint density at radius 2 is 2.36 bits per heavy atom. The molecule has 0 spiro atoms. The molecule has 1 saturated heterocycles. The molecule has 3 N–H and O–H groups in total. The van der Waals surface area contributed by atoms with Gasteiger partial charge in [-0.25, -0.2) is 0 Å². The highest BCUT2D eigenvalue weighted by atomic mass is 16.4. The molecule has 1 fully saturated rings. The molecular weight excluding hydrogens is 144 g/mol. The molecule has 1 aliphatic rings. The third kappa shape index (κ3) is 1.70. The number of carbonyl (C=O) groups is 1. The zero-order valence-electron chi connectivity index (χ0n) is 6.66. The molecule has 4 nitrogen and oxygen atoms in total. The number of hydrogen-bond acceptors (Lipinski definition) is 3. The van der Waals surface area contributed by atoms with Crippen molar-refractivity contribution in [3.8, 4) is 0 Å². The van der Waals surface area contributed by atoms with Gasteiger partial charge in [0.1, 0.15) is 0 Å². The average Bonchev–Trinajstić information content (AvgIpc) is 2.30. The lowest BCUT2D eigenvalue weighted by Gasteiger charge is -2.10. The van der Waals surface area contributed by atoms with Crippen molar-refractivity contribution in [2.45, 2.75) is 0 Å². The van der Waals surface area contributed by atoms with Crippen LogP contribution in [0.1, 0.15) is 0 Å². The largest absolute Gasteiger partial charge is 0.481 e. The van der Waals surface area contributed by atoms with E-state index in [0.29, 0.717) is 13.1 Å². The molecule has 1 rings (SSSR count). The van der Waals surface area contributed by atoms with Crippen LogP contribution < -0.4 is 5.73 Å². The van der Waals surface area contributed by atoms with E-state index in [1.165, 1.54) is 0 Å². The van der Waals surface area contributed by atoms with Crippen molar-refractivity contribution < 1.29 is 9.90 Å². The molecule has 1 heterocycles. The van der Waals surface area contributed by atoms with Crippen LogP contribution in [-0.4, -0.2) is 42.7 Å². The molecule has 0 unspecified atom stereocenters. The highest BCUT2D eigenvalue weighted by Gasteiger charge is 2.34. The Kier molecular flexibility index (Phi) is 2.46. The first-order valence-electron chi connectivity index (χ1n) is 3.76. The van der Waals surface area contributed by atoms with Crippen molar-refractivity contribution in [3.05, 3.63) is 0 Å². The van der Waals surface area contributed by atoms with E-state index in [0.717, 1.165) is 6.54 Å². The second-order valence-electron chi connectivity index (χ2n) is 3.16. The van der Waals surface area contributed by atoms with Crippen LogP contribution in [-0.2, 0) is 4.79 Å². The first-order valence-corrected chi connectivity index (χ1v) is 3.76. The molecule has 0 bridgehead atoms. The molecule has 11 heavy (non-hydrogen) atoms. The first-order chi connectivity index (χ1) is 5.15. The summed E-state index contributed by atoms with van der Waals surface area (Å²) >= 11 is 0. The van der Waals surface area contributed by atoms with Crippen LogP contribution in [0.4, 0.5) is 0 Å². The summed E-state index contributed by atoms with van der Waals surface area (Å²) in [4.78, 5) is 12.6. The average molecular weight is 158 g/mol. The summed E-state index contributed by atoms with van der Waals surface area (Å²) in [5.41, 5.74) is 5.43. The minimum atomic E-state index is -0.718. The highest BCUT2D eigenvalue weighted by Crippen LogP contribution is 2.20. The lowest BCUT2D eigenvalue weighted by Crippen LogP contribution is -2.27. The molecule has 1 aliphatic heterocycles. The van der Waals surface area contributed by atoms with E-state index >= 15 is 0 Å². The van der Waals surface area contributed by atoms with Crippen LogP contribution >= 0.6 is 0 Å². The lowest BCUT2D eigenvalue weighted by molar-refractivity contribution is -0.142. The van der Waals surface area contributed by atoms with Crippen molar-refractivity contribution >= 4 is 5.97 Å². The van der Waals surface area contributed by atoms with Crippen LogP contribution in [0, 0.1) is 11.8 Å². The maximum atomic E-state index is 10.6. The van der Waals surface area contributed by atoms with E-state index in [-0.39, 0.29) is 11.8 Å². The van der Waals surface area contributed by atoms with Crippen LogP contribution in [0.5, 0.6) is 0 Å². The molecule has 0 saturated carbocycles. The number of carboxylic acid groups (broad SMARTS) is 1. The van der Waals surface area contributed by atoms with Gasteiger partial charge in [-0.3, -0.25) is 4.79 Å². The van der Waals surface area contributed by atoms with E-state index in [1.54, 1.807) is 0 Å². The van der Waals surface area contributed by atoms with E-state index < -0.39 is 5.97 Å². The highest BCUT2D eigenvalue weighted by molar-refractivity contribution is 5.71. The second kappa shape index (κ2) is 3.19. The Hall–Kier alpha value is -0.610. The maximum absolute atomic E-state index is 10.6. The standard InChI is InChI=1S/C7H14N2O2/c1-9-3-5(2-8)6(4-9)7(10)11/h5-6H,2-4,8H2,1H3,(H,10,11)/t5-,6+/m0/s1. The Labute approximate surface area is 66.0 Å². The van der Waals surface area contributed by atoms with Gasteiger partial charge in [0.15, 0.2) is 0 Å². The second-order valence-corrected chi connectivity index (χ2v) is 3.16. The number of nitrogens with two attached hydrogens (primary N) is 1. The Morgan fingerprint density at radius 1 is 1.73 bits per heavy atom. The summed E-state index contributed by atoms with van der Waals surface area (Å²) in [5.74, 6) is -0.840. The van der Waals surface area contributed by atoms with Gasteiger partial charge >= 0.3 is 5.97 Å². The third-order valence-corrected chi connectivity index (χ3v) is 2.24. The van der Waals surface area contributed by atoms with Gasteiger partial charge in [-0.1, -0.05) is 0 Å². The molecule has 0 aromatic rings. The van der Waals surface area contributed by atoms with Crippen molar-refractivity contribution in [2.24, 2.45) is 17.6 Å².